The maximum Gasteiger partial charge on any atom is 0.387 e. The zero-order valence-corrected chi connectivity index (χ0v) is 14.9. The lowest BCUT2D eigenvalue weighted by Gasteiger charge is -2.35. The molecular weight excluding hydrogens is 357 g/mol. The van der Waals surface area contributed by atoms with E-state index in [1.807, 2.05) is 6.92 Å². The summed E-state index contributed by atoms with van der Waals surface area (Å²) in [5.74, 6) is -0.518. The number of nitrogens with one attached hydrogen (secondary N) is 1. The molecule has 4 nitrogen and oxygen atoms in total. The Hall–Kier alpha value is -2.70. The maximum absolute atomic E-state index is 13.3. The van der Waals surface area contributed by atoms with Gasteiger partial charge in [0.1, 0.15) is 11.6 Å². The molecule has 1 N–H and O–H groups in total. The van der Waals surface area contributed by atoms with Crippen LogP contribution < -0.4 is 15.0 Å². The van der Waals surface area contributed by atoms with Crippen molar-refractivity contribution in [1.82, 2.24) is 5.32 Å². The minimum Gasteiger partial charge on any atom is -0.435 e. The molecule has 0 saturated carbocycles. The average Bonchev–Trinajstić information content (AvgIpc) is 2.62. The van der Waals surface area contributed by atoms with Crippen molar-refractivity contribution in [2.45, 2.75) is 32.4 Å². The number of piperidine rings is 1. The molecule has 1 heterocycles. The number of hydrogen-bond donors (Lipinski definition) is 1. The summed E-state index contributed by atoms with van der Waals surface area (Å²) in [5, 5.41) is 2.98. The zero-order chi connectivity index (χ0) is 19.4. The largest absolute Gasteiger partial charge is 0.435 e. The van der Waals surface area contributed by atoms with Gasteiger partial charge in [-0.25, -0.2) is 4.39 Å². The Labute approximate surface area is 155 Å². The highest BCUT2D eigenvalue weighted by Crippen LogP contribution is 2.24. The van der Waals surface area contributed by atoms with Crippen LogP contribution in [0, 0.1) is 12.7 Å². The van der Waals surface area contributed by atoms with Crippen molar-refractivity contribution < 1.29 is 22.7 Å². The molecule has 1 saturated heterocycles. The third kappa shape index (κ3) is 4.93. The van der Waals surface area contributed by atoms with Crippen molar-refractivity contribution in [3.05, 3.63) is 59.4 Å². The Balaban J connectivity index is 1.62. The average molecular weight is 378 g/mol. The fourth-order valence-corrected chi connectivity index (χ4v) is 3.34. The van der Waals surface area contributed by atoms with Gasteiger partial charge in [-0.05, 0) is 67.8 Å². The lowest BCUT2D eigenvalue weighted by Crippen LogP contribution is -2.48. The van der Waals surface area contributed by atoms with Gasteiger partial charge in [0, 0.05) is 30.4 Å². The maximum atomic E-state index is 13.3. The summed E-state index contributed by atoms with van der Waals surface area (Å²) in [4.78, 5) is 14.6. The van der Waals surface area contributed by atoms with Crippen LogP contribution in [0.4, 0.5) is 18.9 Å². The number of carbonyl (C=O) groups is 1. The fraction of sp³-hybridized carbons (Fsp3) is 0.350. The van der Waals surface area contributed by atoms with Crippen LogP contribution in [-0.2, 0) is 0 Å². The van der Waals surface area contributed by atoms with Crippen LogP contribution in [0.1, 0.15) is 28.8 Å². The standard InChI is InChI=1S/C20H21F3N2O2/c1-13-11-15(21)6-9-18(13)25-10-2-3-16(12-25)24-19(26)14-4-7-17(8-5-14)27-20(22)23/h4-9,11,16,20H,2-3,10,12H2,1H3,(H,24,26). The first-order valence-corrected chi connectivity index (χ1v) is 8.79. The minimum atomic E-state index is -2.90. The number of aryl methyl sites for hydroxylation is 1. The van der Waals surface area contributed by atoms with Gasteiger partial charge >= 0.3 is 6.61 Å². The first-order valence-electron chi connectivity index (χ1n) is 8.79. The summed E-state index contributed by atoms with van der Waals surface area (Å²) in [6.07, 6.45) is 1.75. The van der Waals surface area contributed by atoms with E-state index in [1.54, 1.807) is 6.07 Å². The number of benzene rings is 2. The summed E-state index contributed by atoms with van der Waals surface area (Å²) < 4.78 is 42.0. The van der Waals surface area contributed by atoms with Crippen molar-refractivity contribution in [2.24, 2.45) is 0 Å². The van der Waals surface area contributed by atoms with E-state index < -0.39 is 6.61 Å². The zero-order valence-electron chi connectivity index (χ0n) is 14.9. The van der Waals surface area contributed by atoms with Crippen molar-refractivity contribution in [2.75, 3.05) is 18.0 Å². The molecule has 1 atom stereocenters. The molecule has 2 aromatic carbocycles. The lowest BCUT2D eigenvalue weighted by molar-refractivity contribution is -0.0498. The monoisotopic (exact) mass is 378 g/mol. The van der Waals surface area contributed by atoms with Gasteiger partial charge in [0.05, 0.1) is 0 Å². The fourth-order valence-electron chi connectivity index (χ4n) is 3.34. The molecule has 1 fully saturated rings. The highest BCUT2D eigenvalue weighted by molar-refractivity contribution is 5.94. The Morgan fingerprint density at radius 1 is 1.22 bits per heavy atom. The van der Waals surface area contributed by atoms with E-state index in [1.165, 1.54) is 36.4 Å². The summed E-state index contributed by atoms with van der Waals surface area (Å²) in [5.41, 5.74) is 2.20. The van der Waals surface area contributed by atoms with Crippen LogP contribution in [0.25, 0.3) is 0 Å². The SMILES string of the molecule is Cc1cc(F)ccc1N1CCCC(NC(=O)c2ccc(OC(F)F)cc2)C1. The number of hydrogen-bond acceptors (Lipinski definition) is 3. The van der Waals surface area contributed by atoms with E-state index in [4.69, 9.17) is 0 Å². The molecule has 0 aliphatic carbocycles. The van der Waals surface area contributed by atoms with Crippen LogP contribution in [-0.4, -0.2) is 31.7 Å². The van der Waals surface area contributed by atoms with Crippen LogP contribution in [0.2, 0.25) is 0 Å². The van der Waals surface area contributed by atoms with Gasteiger partial charge in [0.25, 0.3) is 5.91 Å². The normalized spacial score (nSPS) is 17.1. The van der Waals surface area contributed by atoms with Gasteiger partial charge in [-0.1, -0.05) is 0 Å². The van der Waals surface area contributed by atoms with Gasteiger partial charge < -0.3 is 15.0 Å². The van der Waals surface area contributed by atoms with E-state index in [-0.39, 0.29) is 23.5 Å². The van der Waals surface area contributed by atoms with E-state index in [2.05, 4.69) is 15.0 Å². The third-order valence-corrected chi connectivity index (χ3v) is 4.60. The smallest absolute Gasteiger partial charge is 0.387 e. The summed E-state index contributed by atoms with van der Waals surface area (Å²) in [7, 11) is 0. The van der Waals surface area contributed by atoms with Gasteiger partial charge in [0.15, 0.2) is 0 Å². The first kappa shape index (κ1) is 19.1. The molecule has 2 aromatic rings. The quantitative estimate of drug-likeness (QED) is 0.851. The van der Waals surface area contributed by atoms with Gasteiger partial charge in [-0.2, -0.15) is 8.78 Å². The summed E-state index contributed by atoms with van der Waals surface area (Å²) in [6.45, 7) is 0.445. The number of halogens is 3. The minimum absolute atomic E-state index is 0.0113. The molecule has 1 amide bonds. The second-order valence-electron chi connectivity index (χ2n) is 6.59. The molecule has 0 spiro atoms. The summed E-state index contributed by atoms with van der Waals surface area (Å²) in [6, 6.07) is 10.2. The number of anilines is 1. The second kappa shape index (κ2) is 8.33. The number of rotatable bonds is 5. The van der Waals surface area contributed by atoms with E-state index >= 15 is 0 Å². The molecule has 1 aliphatic rings. The molecule has 1 unspecified atom stereocenters. The Bertz CT molecular complexity index is 796. The number of nitrogens with zero attached hydrogens (tertiary/aromatic N) is 1. The first-order chi connectivity index (χ1) is 12.9. The Morgan fingerprint density at radius 2 is 1.96 bits per heavy atom. The van der Waals surface area contributed by atoms with Crippen LogP contribution in [0.5, 0.6) is 5.75 Å². The summed E-state index contributed by atoms with van der Waals surface area (Å²) >= 11 is 0. The topological polar surface area (TPSA) is 41.6 Å². The highest BCUT2D eigenvalue weighted by Gasteiger charge is 2.23. The van der Waals surface area contributed by atoms with Crippen LogP contribution in [0.15, 0.2) is 42.5 Å². The van der Waals surface area contributed by atoms with Crippen molar-refractivity contribution in [1.29, 1.82) is 0 Å². The molecule has 3 rings (SSSR count). The van der Waals surface area contributed by atoms with Crippen LogP contribution >= 0.6 is 0 Å². The Morgan fingerprint density at radius 3 is 2.63 bits per heavy atom. The number of ether oxygens (including phenoxy) is 1. The van der Waals surface area contributed by atoms with Crippen molar-refractivity contribution in [3.8, 4) is 5.75 Å². The van der Waals surface area contributed by atoms with Crippen LogP contribution in [0.3, 0.4) is 0 Å². The molecule has 0 radical (unpaired) electrons. The van der Waals surface area contributed by atoms with E-state index in [0.717, 1.165) is 30.6 Å². The van der Waals surface area contributed by atoms with E-state index in [0.29, 0.717) is 12.1 Å². The number of alkyl halides is 2. The molecule has 1 aliphatic heterocycles. The predicted octanol–water partition coefficient (Wildman–Crippen LogP) is 4.13. The molecule has 0 bridgehead atoms. The van der Waals surface area contributed by atoms with Gasteiger partial charge in [-0.15, -0.1) is 0 Å². The molecule has 0 aromatic heterocycles. The predicted molar refractivity (Wildman–Crippen MR) is 96.9 cm³/mol. The molecular formula is C20H21F3N2O2. The van der Waals surface area contributed by atoms with E-state index in [9.17, 15) is 18.0 Å². The third-order valence-electron chi connectivity index (χ3n) is 4.60. The Kier molecular flexibility index (Phi) is 5.88. The van der Waals surface area contributed by atoms with Crippen molar-refractivity contribution >= 4 is 11.6 Å². The molecule has 27 heavy (non-hydrogen) atoms. The highest BCUT2D eigenvalue weighted by atomic mass is 19.3. The van der Waals surface area contributed by atoms with Gasteiger partial charge in [-0.3, -0.25) is 4.79 Å². The molecule has 7 heteroatoms. The van der Waals surface area contributed by atoms with Crippen molar-refractivity contribution in [3.63, 3.8) is 0 Å². The second-order valence-corrected chi connectivity index (χ2v) is 6.59. The lowest BCUT2D eigenvalue weighted by atomic mass is 10.0. The number of amides is 1. The molecule has 144 valence electrons. The number of carbonyl (C=O) groups excluding carboxylic acids is 1. The van der Waals surface area contributed by atoms with Gasteiger partial charge in [0.2, 0.25) is 0 Å².